The first-order chi connectivity index (χ1) is 8.91. The largest absolute Gasteiger partial charge is 0.488 e. The highest BCUT2D eigenvalue weighted by molar-refractivity contribution is 6.03. The van der Waals surface area contributed by atoms with Gasteiger partial charge in [0.15, 0.2) is 5.78 Å². The average Bonchev–Trinajstić information content (AvgIpc) is 2.65. The van der Waals surface area contributed by atoms with E-state index in [1.54, 1.807) is 6.92 Å². The van der Waals surface area contributed by atoms with Crippen molar-refractivity contribution in [3.05, 3.63) is 41.2 Å². The van der Waals surface area contributed by atoms with Gasteiger partial charge in [0.25, 0.3) is 0 Å². The van der Waals surface area contributed by atoms with Crippen molar-refractivity contribution in [3.63, 3.8) is 0 Å². The predicted octanol–water partition coefficient (Wildman–Crippen LogP) is 2.54. The Morgan fingerprint density at radius 1 is 1.58 bits per heavy atom. The Morgan fingerprint density at radius 3 is 2.89 bits per heavy atom. The number of rotatable bonds is 4. The third-order valence-electron chi connectivity index (χ3n) is 3.12. The number of ether oxygens (including phenoxy) is 1. The molecule has 1 atom stereocenters. The van der Waals surface area contributed by atoms with Gasteiger partial charge in [0.1, 0.15) is 18.2 Å². The number of carboxylic acid groups (broad SMARTS) is 1. The van der Waals surface area contributed by atoms with E-state index in [0.717, 1.165) is 0 Å². The van der Waals surface area contributed by atoms with Crippen molar-refractivity contribution in [2.75, 3.05) is 6.61 Å². The molecule has 1 N–H and O–H groups in total. The zero-order valence-electron chi connectivity index (χ0n) is 10.4. The lowest BCUT2D eigenvalue weighted by atomic mass is 10.0. The molecule has 1 aliphatic rings. The number of carbonyl (C=O) groups excluding carboxylic acids is 1. The number of benzene rings is 1. The van der Waals surface area contributed by atoms with Crippen LogP contribution in [0.4, 0.5) is 4.39 Å². The third kappa shape index (κ3) is 2.36. The molecule has 2 rings (SSSR count). The Balaban J connectivity index is 2.31. The molecule has 0 fully saturated rings. The number of Topliss-reactive ketones (excluding diaryl/α,β-unsaturated/α-hetero) is 1. The van der Waals surface area contributed by atoms with E-state index in [0.29, 0.717) is 5.56 Å². The molecule has 19 heavy (non-hydrogen) atoms. The SMILES string of the molecule is C=C(COc1ccc(F)c2c1C(=O)CC2C)C(=O)O. The summed E-state index contributed by atoms with van der Waals surface area (Å²) in [6.07, 6.45) is 0.243. The van der Waals surface area contributed by atoms with Gasteiger partial charge in [0.2, 0.25) is 0 Å². The number of hydrogen-bond donors (Lipinski definition) is 1. The Kier molecular flexibility index (Phi) is 3.38. The van der Waals surface area contributed by atoms with Crippen LogP contribution in [0.1, 0.15) is 35.2 Å². The molecule has 0 aliphatic heterocycles. The van der Waals surface area contributed by atoms with Crippen molar-refractivity contribution in [3.8, 4) is 5.75 Å². The van der Waals surface area contributed by atoms with Gasteiger partial charge in [-0.15, -0.1) is 0 Å². The van der Waals surface area contributed by atoms with Crippen molar-refractivity contribution < 1.29 is 23.8 Å². The van der Waals surface area contributed by atoms with Gasteiger partial charge in [-0.1, -0.05) is 13.5 Å². The van der Waals surface area contributed by atoms with Crippen LogP contribution < -0.4 is 4.74 Å². The van der Waals surface area contributed by atoms with E-state index in [1.807, 2.05) is 0 Å². The highest BCUT2D eigenvalue weighted by Gasteiger charge is 2.32. The molecule has 1 unspecified atom stereocenters. The zero-order valence-corrected chi connectivity index (χ0v) is 10.4. The second-order valence-corrected chi connectivity index (χ2v) is 4.56. The molecular formula is C14H13FO4. The van der Waals surface area contributed by atoms with E-state index in [9.17, 15) is 14.0 Å². The summed E-state index contributed by atoms with van der Waals surface area (Å²) >= 11 is 0. The summed E-state index contributed by atoms with van der Waals surface area (Å²) in [5.74, 6) is -1.75. The number of fused-ring (bicyclic) bond motifs is 1. The molecule has 1 aliphatic carbocycles. The minimum Gasteiger partial charge on any atom is -0.488 e. The van der Waals surface area contributed by atoms with Gasteiger partial charge in [0.05, 0.1) is 11.1 Å². The van der Waals surface area contributed by atoms with Gasteiger partial charge in [-0.05, 0) is 18.1 Å². The van der Waals surface area contributed by atoms with Crippen LogP contribution in [0, 0.1) is 5.82 Å². The van der Waals surface area contributed by atoms with E-state index in [1.165, 1.54) is 12.1 Å². The lowest BCUT2D eigenvalue weighted by Gasteiger charge is -2.11. The summed E-state index contributed by atoms with van der Waals surface area (Å²) < 4.78 is 19.0. The molecule has 4 nitrogen and oxygen atoms in total. The van der Waals surface area contributed by atoms with E-state index in [2.05, 4.69) is 6.58 Å². The fourth-order valence-electron chi connectivity index (χ4n) is 2.17. The Labute approximate surface area is 109 Å². The summed E-state index contributed by atoms with van der Waals surface area (Å²) in [5, 5.41) is 8.69. The van der Waals surface area contributed by atoms with Crippen molar-refractivity contribution in [2.45, 2.75) is 19.3 Å². The second-order valence-electron chi connectivity index (χ2n) is 4.56. The van der Waals surface area contributed by atoms with Crippen molar-refractivity contribution >= 4 is 11.8 Å². The van der Waals surface area contributed by atoms with Gasteiger partial charge in [-0.25, -0.2) is 9.18 Å². The fraction of sp³-hybridized carbons (Fsp3) is 0.286. The first-order valence-electron chi connectivity index (χ1n) is 5.81. The molecular weight excluding hydrogens is 251 g/mol. The highest BCUT2D eigenvalue weighted by Crippen LogP contribution is 2.39. The molecule has 0 bridgehead atoms. The van der Waals surface area contributed by atoms with Crippen LogP contribution in [-0.2, 0) is 4.79 Å². The molecule has 0 aromatic heterocycles. The van der Waals surface area contributed by atoms with Gasteiger partial charge >= 0.3 is 5.97 Å². The quantitative estimate of drug-likeness (QED) is 0.849. The number of hydrogen-bond acceptors (Lipinski definition) is 3. The topological polar surface area (TPSA) is 63.6 Å². The molecule has 0 saturated heterocycles. The molecule has 100 valence electrons. The standard InChI is InChI=1S/C14H13FO4/c1-7-5-10(16)13-11(4-3-9(15)12(7)13)19-6-8(2)14(17)18/h3-4,7H,2,5-6H2,1H3,(H,17,18). The summed E-state index contributed by atoms with van der Waals surface area (Å²) in [6, 6.07) is 2.58. The van der Waals surface area contributed by atoms with Gasteiger partial charge in [-0.3, -0.25) is 4.79 Å². The van der Waals surface area contributed by atoms with E-state index >= 15 is 0 Å². The maximum Gasteiger partial charge on any atom is 0.334 e. The number of halogens is 1. The molecule has 0 heterocycles. The number of carbonyl (C=O) groups is 2. The maximum atomic E-state index is 13.7. The molecule has 5 heteroatoms. The van der Waals surface area contributed by atoms with Gasteiger partial charge in [-0.2, -0.15) is 0 Å². The van der Waals surface area contributed by atoms with E-state index in [4.69, 9.17) is 9.84 Å². The maximum absolute atomic E-state index is 13.7. The molecule has 0 amide bonds. The second kappa shape index (κ2) is 4.84. The summed E-state index contributed by atoms with van der Waals surface area (Å²) in [7, 11) is 0. The lowest BCUT2D eigenvalue weighted by molar-refractivity contribution is -0.133. The van der Waals surface area contributed by atoms with E-state index < -0.39 is 11.8 Å². The van der Waals surface area contributed by atoms with Crippen LogP contribution in [-0.4, -0.2) is 23.5 Å². The van der Waals surface area contributed by atoms with Crippen LogP contribution >= 0.6 is 0 Å². The van der Waals surface area contributed by atoms with Crippen LogP contribution in [0.2, 0.25) is 0 Å². The van der Waals surface area contributed by atoms with Crippen LogP contribution in [0.3, 0.4) is 0 Å². The van der Waals surface area contributed by atoms with Gasteiger partial charge in [0, 0.05) is 12.0 Å². The average molecular weight is 264 g/mol. The monoisotopic (exact) mass is 264 g/mol. The minimum atomic E-state index is -1.17. The summed E-state index contributed by atoms with van der Waals surface area (Å²) in [5.41, 5.74) is 0.450. The first kappa shape index (κ1) is 13.3. The smallest absolute Gasteiger partial charge is 0.334 e. The van der Waals surface area contributed by atoms with Crippen molar-refractivity contribution in [1.29, 1.82) is 0 Å². The normalized spacial score (nSPS) is 17.2. The zero-order chi connectivity index (χ0) is 14.2. The summed E-state index contributed by atoms with van der Waals surface area (Å²) in [4.78, 5) is 22.5. The lowest BCUT2D eigenvalue weighted by Crippen LogP contribution is -2.10. The van der Waals surface area contributed by atoms with Crippen LogP contribution in [0.15, 0.2) is 24.3 Å². The van der Waals surface area contributed by atoms with Gasteiger partial charge < -0.3 is 9.84 Å². The summed E-state index contributed by atoms with van der Waals surface area (Å²) in [6.45, 7) is 4.86. The van der Waals surface area contributed by atoms with E-state index in [-0.39, 0.29) is 41.6 Å². The molecule has 1 aromatic rings. The Morgan fingerprint density at radius 2 is 2.26 bits per heavy atom. The first-order valence-corrected chi connectivity index (χ1v) is 5.81. The number of aliphatic carboxylic acids is 1. The Bertz CT molecular complexity index is 577. The number of carboxylic acids is 1. The van der Waals surface area contributed by atoms with Crippen LogP contribution in [0.25, 0.3) is 0 Å². The minimum absolute atomic E-state index is 0.128. The predicted molar refractivity (Wildman–Crippen MR) is 66.0 cm³/mol. The third-order valence-corrected chi connectivity index (χ3v) is 3.12. The number of ketones is 1. The molecule has 1 aromatic carbocycles. The van der Waals surface area contributed by atoms with Crippen molar-refractivity contribution in [2.24, 2.45) is 0 Å². The van der Waals surface area contributed by atoms with Crippen LogP contribution in [0.5, 0.6) is 5.75 Å². The fourth-order valence-corrected chi connectivity index (χ4v) is 2.17. The highest BCUT2D eigenvalue weighted by atomic mass is 19.1. The molecule has 0 radical (unpaired) electrons. The molecule has 0 spiro atoms. The van der Waals surface area contributed by atoms with Crippen molar-refractivity contribution in [1.82, 2.24) is 0 Å². The Hall–Kier alpha value is -2.17. The molecule has 0 saturated carbocycles.